The van der Waals surface area contributed by atoms with Crippen molar-refractivity contribution in [3.05, 3.63) is 77.5 Å². The zero-order chi connectivity index (χ0) is 14.4. The van der Waals surface area contributed by atoms with Crippen LogP contribution < -0.4 is 0 Å². The van der Waals surface area contributed by atoms with Crippen LogP contribution in [-0.4, -0.2) is 11.8 Å². The number of Topliss-reactive ketones (excluding diaryl/α,β-unsaturated/α-hetero) is 1. The van der Waals surface area contributed by atoms with Crippen LogP contribution in [0.25, 0.3) is 6.08 Å². The lowest BCUT2D eigenvalue weighted by atomic mass is 10.1. The Morgan fingerprint density at radius 3 is 2.00 bits per heavy atom. The Morgan fingerprint density at radius 2 is 1.45 bits per heavy atom. The molecular formula is C17H14O3. The molecule has 3 nitrogen and oxygen atoms in total. The first kappa shape index (κ1) is 13.7. The average molecular weight is 266 g/mol. The maximum absolute atomic E-state index is 12.3. The Balaban J connectivity index is 2.36. The first-order valence-corrected chi connectivity index (χ1v) is 6.22. The lowest BCUT2D eigenvalue weighted by molar-refractivity contribution is -0.136. The molecule has 0 spiro atoms. The molecule has 0 amide bonds. The van der Waals surface area contributed by atoms with E-state index in [2.05, 4.69) is 0 Å². The minimum atomic E-state index is -0.517. The van der Waals surface area contributed by atoms with Crippen molar-refractivity contribution in [3.8, 4) is 0 Å². The number of hydrogen-bond donors (Lipinski definition) is 0. The fourth-order valence-corrected chi connectivity index (χ4v) is 1.73. The second kappa shape index (κ2) is 6.48. The lowest BCUT2D eigenvalue weighted by Crippen LogP contribution is -2.10. The van der Waals surface area contributed by atoms with Crippen molar-refractivity contribution in [2.75, 3.05) is 0 Å². The standard InChI is InChI=1S/C17H14O3/c1-13(18)20-16(12-14-8-4-2-5-9-14)17(19)15-10-6-3-7-11-15/h2-12H,1H3. The SMILES string of the molecule is CC(=O)OC(=Cc1ccccc1)C(=O)c1ccccc1. The molecule has 0 aliphatic rings. The predicted molar refractivity (Wildman–Crippen MR) is 77.0 cm³/mol. The van der Waals surface area contributed by atoms with E-state index in [1.165, 1.54) is 6.92 Å². The van der Waals surface area contributed by atoms with Crippen molar-refractivity contribution < 1.29 is 14.3 Å². The zero-order valence-electron chi connectivity index (χ0n) is 11.1. The summed E-state index contributed by atoms with van der Waals surface area (Å²) in [6.45, 7) is 1.27. The summed E-state index contributed by atoms with van der Waals surface area (Å²) in [5.74, 6) is -0.809. The molecule has 100 valence electrons. The summed E-state index contributed by atoms with van der Waals surface area (Å²) in [7, 11) is 0. The molecule has 3 heteroatoms. The highest BCUT2D eigenvalue weighted by atomic mass is 16.5. The van der Waals surface area contributed by atoms with Gasteiger partial charge in [0.05, 0.1) is 0 Å². The molecule has 2 aromatic carbocycles. The van der Waals surface area contributed by atoms with Gasteiger partial charge in [0.1, 0.15) is 0 Å². The number of carbonyl (C=O) groups excluding carboxylic acids is 2. The predicted octanol–water partition coefficient (Wildman–Crippen LogP) is 3.47. The van der Waals surface area contributed by atoms with E-state index in [-0.39, 0.29) is 11.5 Å². The maximum Gasteiger partial charge on any atom is 0.308 e. The van der Waals surface area contributed by atoms with Gasteiger partial charge >= 0.3 is 5.97 Å². The van der Waals surface area contributed by atoms with Gasteiger partial charge < -0.3 is 4.74 Å². The van der Waals surface area contributed by atoms with Crippen molar-refractivity contribution in [1.82, 2.24) is 0 Å². The second-order valence-electron chi connectivity index (χ2n) is 4.21. The maximum atomic E-state index is 12.3. The Kier molecular flexibility index (Phi) is 4.45. The Hall–Kier alpha value is -2.68. The molecule has 2 rings (SSSR count). The summed E-state index contributed by atoms with van der Waals surface area (Å²) in [6.07, 6.45) is 1.57. The molecule has 0 saturated carbocycles. The number of ether oxygens (including phenoxy) is 1. The molecular weight excluding hydrogens is 252 g/mol. The smallest absolute Gasteiger partial charge is 0.308 e. The Morgan fingerprint density at radius 1 is 0.900 bits per heavy atom. The molecule has 0 heterocycles. The number of hydrogen-bond acceptors (Lipinski definition) is 3. The van der Waals surface area contributed by atoms with Crippen LogP contribution in [-0.2, 0) is 9.53 Å². The average Bonchev–Trinajstić information content (AvgIpc) is 2.47. The van der Waals surface area contributed by atoms with Crippen LogP contribution >= 0.6 is 0 Å². The van der Waals surface area contributed by atoms with E-state index >= 15 is 0 Å². The summed E-state index contributed by atoms with van der Waals surface area (Å²) in [6, 6.07) is 18.0. The molecule has 0 unspecified atom stereocenters. The van der Waals surface area contributed by atoms with Crippen LogP contribution in [0, 0.1) is 0 Å². The fourth-order valence-electron chi connectivity index (χ4n) is 1.73. The molecule has 2 aromatic rings. The highest BCUT2D eigenvalue weighted by Gasteiger charge is 2.15. The van der Waals surface area contributed by atoms with Crippen LogP contribution in [0.2, 0.25) is 0 Å². The highest BCUT2D eigenvalue weighted by molar-refractivity contribution is 6.10. The van der Waals surface area contributed by atoms with Gasteiger partial charge in [-0.3, -0.25) is 9.59 Å². The van der Waals surface area contributed by atoms with Crippen LogP contribution in [0.15, 0.2) is 66.4 Å². The van der Waals surface area contributed by atoms with Crippen molar-refractivity contribution in [2.45, 2.75) is 6.92 Å². The third-order valence-corrected chi connectivity index (χ3v) is 2.61. The molecule has 0 saturated heterocycles. The van der Waals surface area contributed by atoms with Gasteiger partial charge in [-0.15, -0.1) is 0 Å². The highest BCUT2D eigenvalue weighted by Crippen LogP contribution is 2.14. The summed E-state index contributed by atoms with van der Waals surface area (Å²) >= 11 is 0. The Bertz CT molecular complexity index is 628. The largest absolute Gasteiger partial charge is 0.422 e. The van der Waals surface area contributed by atoms with E-state index < -0.39 is 5.97 Å². The molecule has 0 N–H and O–H groups in total. The van der Waals surface area contributed by atoms with Gasteiger partial charge in [-0.2, -0.15) is 0 Å². The third-order valence-electron chi connectivity index (χ3n) is 2.61. The van der Waals surface area contributed by atoms with Crippen LogP contribution in [0.1, 0.15) is 22.8 Å². The molecule has 0 fully saturated rings. The minimum Gasteiger partial charge on any atom is -0.422 e. The number of allylic oxidation sites excluding steroid dienone is 1. The summed E-state index contributed by atoms with van der Waals surface area (Å²) in [5, 5.41) is 0. The van der Waals surface area contributed by atoms with E-state index in [9.17, 15) is 9.59 Å². The van der Waals surface area contributed by atoms with Crippen LogP contribution in [0.4, 0.5) is 0 Å². The topological polar surface area (TPSA) is 43.4 Å². The number of ketones is 1. The van der Waals surface area contributed by atoms with Gasteiger partial charge in [-0.25, -0.2) is 0 Å². The molecule has 0 aliphatic carbocycles. The van der Waals surface area contributed by atoms with Gasteiger partial charge in [-0.05, 0) is 11.6 Å². The van der Waals surface area contributed by atoms with Gasteiger partial charge in [-0.1, -0.05) is 60.7 Å². The normalized spacial score (nSPS) is 10.9. The summed E-state index contributed by atoms with van der Waals surface area (Å²) in [5.41, 5.74) is 1.28. The minimum absolute atomic E-state index is 0.0231. The third kappa shape index (κ3) is 3.65. The Labute approximate surface area is 117 Å². The monoisotopic (exact) mass is 266 g/mol. The van der Waals surface area contributed by atoms with E-state index in [1.54, 1.807) is 30.3 Å². The summed E-state index contributed by atoms with van der Waals surface area (Å²) < 4.78 is 5.04. The van der Waals surface area contributed by atoms with Crippen molar-refractivity contribution in [2.24, 2.45) is 0 Å². The van der Waals surface area contributed by atoms with Gasteiger partial charge in [0, 0.05) is 12.5 Å². The fraction of sp³-hybridized carbons (Fsp3) is 0.0588. The number of esters is 1. The van der Waals surface area contributed by atoms with Crippen molar-refractivity contribution in [1.29, 1.82) is 0 Å². The van der Waals surface area contributed by atoms with Crippen LogP contribution in [0.5, 0.6) is 0 Å². The van der Waals surface area contributed by atoms with Gasteiger partial charge in [0.15, 0.2) is 5.76 Å². The molecule has 0 atom stereocenters. The van der Waals surface area contributed by atoms with Gasteiger partial charge in [0.2, 0.25) is 5.78 Å². The molecule has 0 aliphatic heterocycles. The van der Waals surface area contributed by atoms with Gasteiger partial charge in [0.25, 0.3) is 0 Å². The van der Waals surface area contributed by atoms with E-state index in [1.807, 2.05) is 36.4 Å². The first-order valence-electron chi connectivity index (χ1n) is 6.22. The summed E-state index contributed by atoms with van der Waals surface area (Å²) in [4.78, 5) is 23.5. The lowest BCUT2D eigenvalue weighted by Gasteiger charge is -2.06. The number of rotatable bonds is 4. The second-order valence-corrected chi connectivity index (χ2v) is 4.21. The number of benzene rings is 2. The van der Waals surface area contributed by atoms with E-state index in [0.717, 1.165) is 5.56 Å². The molecule has 0 radical (unpaired) electrons. The van der Waals surface area contributed by atoms with Crippen LogP contribution in [0.3, 0.4) is 0 Å². The van der Waals surface area contributed by atoms with Crippen molar-refractivity contribution >= 4 is 17.8 Å². The number of carbonyl (C=O) groups is 2. The first-order chi connectivity index (χ1) is 9.66. The van der Waals surface area contributed by atoms with Crippen molar-refractivity contribution in [3.63, 3.8) is 0 Å². The zero-order valence-corrected chi connectivity index (χ0v) is 11.1. The molecule has 20 heavy (non-hydrogen) atoms. The van der Waals surface area contributed by atoms with E-state index in [0.29, 0.717) is 5.56 Å². The quantitative estimate of drug-likeness (QED) is 0.368. The molecule has 0 bridgehead atoms. The van der Waals surface area contributed by atoms with E-state index in [4.69, 9.17) is 4.74 Å². The molecule has 0 aromatic heterocycles.